The standard InChI is InChI=1S/C20H16ClF3N2O3S2/c21-14-7-6-13(20(22,23)24)9-15(14)26-16-10-31(28,29)11-17(16)30-19(26)25-18(27)8-12-4-2-1-3-5-12/h1-7,9,16-17H,8,10-11H2/t16-,17+/m0/s1. The number of amides is 1. The van der Waals surface area contributed by atoms with Gasteiger partial charge in [-0.25, -0.2) is 8.42 Å². The lowest BCUT2D eigenvalue weighted by Gasteiger charge is -2.26. The van der Waals surface area contributed by atoms with Gasteiger partial charge in [-0.1, -0.05) is 53.7 Å². The number of amidine groups is 1. The third kappa shape index (κ3) is 4.75. The molecule has 4 rings (SSSR count). The number of benzene rings is 2. The summed E-state index contributed by atoms with van der Waals surface area (Å²) in [5, 5.41) is -0.271. The van der Waals surface area contributed by atoms with Crippen molar-refractivity contribution in [3.63, 3.8) is 0 Å². The predicted octanol–water partition coefficient (Wildman–Crippen LogP) is 4.20. The summed E-state index contributed by atoms with van der Waals surface area (Å²) in [5.41, 5.74) is -0.192. The third-order valence-corrected chi connectivity index (χ3v) is 8.55. The minimum atomic E-state index is -4.60. The zero-order valence-corrected chi connectivity index (χ0v) is 18.2. The molecule has 2 aliphatic rings. The van der Waals surface area contributed by atoms with Crippen LogP contribution in [0.5, 0.6) is 0 Å². The van der Waals surface area contributed by atoms with Crippen LogP contribution in [0.25, 0.3) is 0 Å². The van der Waals surface area contributed by atoms with E-state index in [1.54, 1.807) is 24.3 Å². The summed E-state index contributed by atoms with van der Waals surface area (Å²) in [7, 11) is -3.37. The molecule has 2 fully saturated rings. The molecule has 2 aromatic carbocycles. The van der Waals surface area contributed by atoms with Crippen LogP contribution >= 0.6 is 23.4 Å². The molecule has 2 aromatic rings. The number of rotatable bonds is 3. The molecule has 2 saturated heterocycles. The number of carbonyl (C=O) groups is 1. The first-order valence-corrected chi connectivity index (χ1v) is 12.3. The number of anilines is 1. The summed E-state index contributed by atoms with van der Waals surface area (Å²) in [4.78, 5) is 18.0. The lowest BCUT2D eigenvalue weighted by atomic mass is 10.1. The number of alkyl halides is 3. The maximum atomic E-state index is 13.3. The lowest BCUT2D eigenvalue weighted by Crippen LogP contribution is -2.38. The van der Waals surface area contributed by atoms with Gasteiger partial charge in [0.1, 0.15) is 0 Å². The summed E-state index contributed by atoms with van der Waals surface area (Å²) >= 11 is 7.30. The number of nitrogens with zero attached hydrogens (tertiary/aromatic N) is 2. The Balaban J connectivity index is 1.73. The second-order valence-electron chi connectivity index (χ2n) is 7.28. The smallest absolute Gasteiger partial charge is 0.314 e. The molecule has 0 N–H and O–H groups in total. The summed E-state index contributed by atoms with van der Waals surface area (Å²) in [6.45, 7) is 0. The van der Waals surface area contributed by atoms with Crippen LogP contribution < -0.4 is 4.90 Å². The van der Waals surface area contributed by atoms with Gasteiger partial charge >= 0.3 is 6.18 Å². The van der Waals surface area contributed by atoms with Crippen LogP contribution in [0.1, 0.15) is 11.1 Å². The van der Waals surface area contributed by atoms with Crippen molar-refractivity contribution in [1.82, 2.24) is 0 Å². The van der Waals surface area contributed by atoms with Gasteiger partial charge in [0.2, 0.25) is 0 Å². The lowest BCUT2D eigenvalue weighted by molar-refractivity contribution is -0.137. The molecule has 2 aliphatic heterocycles. The Labute approximate surface area is 186 Å². The van der Waals surface area contributed by atoms with E-state index in [1.165, 1.54) is 4.90 Å². The van der Waals surface area contributed by atoms with E-state index >= 15 is 0 Å². The highest BCUT2D eigenvalue weighted by atomic mass is 35.5. The molecule has 2 heterocycles. The van der Waals surface area contributed by atoms with Crippen LogP contribution in [-0.4, -0.2) is 42.3 Å². The monoisotopic (exact) mass is 488 g/mol. The van der Waals surface area contributed by atoms with E-state index < -0.39 is 38.8 Å². The van der Waals surface area contributed by atoms with Gasteiger partial charge in [0, 0.05) is 5.25 Å². The second kappa shape index (κ2) is 8.14. The van der Waals surface area contributed by atoms with Gasteiger partial charge in [0.05, 0.1) is 40.2 Å². The van der Waals surface area contributed by atoms with Crippen molar-refractivity contribution in [2.45, 2.75) is 23.9 Å². The molecule has 0 aromatic heterocycles. The molecular formula is C20H16ClF3N2O3S2. The molecule has 1 amide bonds. The Morgan fingerprint density at radius 1 is 1.16 bits per heavy atom. The number of carbonyl (C=O) groups excluding carboxylic acids is 1. The third-order valence-electron chi connectivity index (χ3n) is 5.02. The minimum Gasteiger partial charge on any atom is -0.314 e. The number of aliphatic imine (C=N–C) groups is 1. The highest BCUT2D eigenvalue weighted by Crippen LogP contribution is 2.44. The summed E-state index contributed by atoms with van der Waals surface area (Å²) in [6.07, 6.45) is -4.59. The number of halogens is 4. The minimum absolute atomic E-state index is 0.0140. The molecule has 0 aliphatic carbocycles. The van der Waals surface area contributed by atoms with Gasteiger partial charge in [-0.2, -0.15) is 18.2 Å². The Kier molecular flexibility index (Phi) is 5.82. The average Bonchev–Trinajstić information content (AvgIpc) is 3.13. The molecule has 31 heavy (non-hydrogen) atoms. The largest absolute Gasteiger partial charge is 0.416 e. The summed E-state index contributed by atoms with van der Waals surface area (Å²) in [6, 6.07) is 11.1. The van der Waals surface area contributed by atoms with Crippen LogP contribution in [0.2, 0.25) is 5.02 Å². The van der Waals surface area contributed by atoms with Crippen molar-refractivity contribution in [2.24, 2.45) is 4.99 Å². The maximum Gasteiger partial charge on any atom is 0.416 e. The number of hydrogen-bond acceptors (Lipinski definition) is 4. The highest BCUT2D eigenvalue weighted by Gasteiger charge is 2.50. The van der Waals surface area contributed by atoms with Crippen molar-refractivity contribution >= 4 is 50.0 Å². The van der Waals surface area contributed by atoms with Gasteiger partial charge in [-0.05, 0) is 23.8 Å². The van der Waals surface area contributed by atoms with Gasteiger partial charge in [0.15, 0.2) is 15.0 Å². The van der Waals surface area contributed by atoms with Crippen LogP contribution in [0, 0.1) is 0 Å². The Morgan fingerprint density at radius 3 is 2.55 bits per heavy atom. The van der Waals surface area contributed by atoms with Crippen LogP contribution in [0.3, 0.4) is 0 Å². The molecule has 164 valence electrons. The zero-order chi connectivity index (χ0) is 22.4. The van der Waals surface area contributed by atoms with E-state index in [0.717, 1.165) is 35.5 Å². The normalized spacial score (nSPS) is 23.9. The average molecular weight is 489 g/mol. The number of hydrogen-bond donors (Lipinski definition) is 0. The molecule has 0 radical (unpaired) electrons. The van der Waals surface area contributed by atoms with E-state index in [1.807, 2.05) is 6.07 Å². The first kappa shape index (κ1) is 22.2. The first-order valence-electron chi connectivity index (χ1n) is 9.22. The van der Waals surface area contributed by atoms with Crippen molar-refractivity contribution in [3.05, 3.63) is 64.7 Å². The first-order chi connectivity index (χ1) is 14.5. The van der Waals surface area contributed by atoms with Crippen LogP contribution in [-0.2, 0) is 27.2 Å². The quantitative estimate of drug-likeness (QED) is 0.647. The van der Waals surface area contributed by atoms with E-state index in [-0.39, 0.29) is 33.8 Å². The Hall–Kier alpha value is -2.04. The molecule has 0 bridgehead atoms. The van der Waals surface area contributed by atoms with Crippen LogP contribution in [0.15, 0.2) is 53.5 Å². The number of sulfone groups is 1. The highest BCUT2D eigenvalue weighted by molar-refractivity contribution is 8.16. The van der Waals surface area contributed by atoms with Crippen molar-refractivity contribution < 1.29 is 26.4 Å². The fourth-order valence-electron chi connectivity index (χ4n) is 3.64. The Bertz CT molecular complexity index is 1150. The van der Waals surface area contributed by atoms with Crippen molar-refractivity contribution in [2.75, 3.05) is 16.4 Å². The van der Waals surface area contributed by atoms with Crippen molar-refractivity contribution in [1.29, 1.82) is 0 Å². The van der Waals surface area contributed by atoms with E-state index in [2.05, 4.69) is 4.99 Å². The van der Waals surface area contributed by atoms with Gasteiger partial charge in [-0.3, -0.25) is 4.79 Å². The molecular weight excluding hydrogens is 473 g/mol. The van der Waals surface area contributed by atoms with Gasteiger partial charge in [0.25, 0.3) is 5.91 Å². The summed E-state index contributed by atoms with van der Waals surface area (Å²) in [5.74, 6) is -0.866. The van der Waals surface area contributed by atoms with E-state index in [4.69, 9.17) is 11.6 Å². The topological polar surface area (TPSA) is 66.8 Å². The van der Waals surface area contributed by atoms with Gasteiger partial charge < -0.3 is 4.90 Å². The van der Waals surface area contributed by atoms with Gasteiger partial charge in [-0.15, -0.1) is 0 Å². The molecule has 11 heteroatoms. The molecule has 5 nitrogen and oxygen atoms in total. The maximum absolute atomic E-state index is 13.3. The molecule has 0 saturated carbocycles. The van der Waals surface area contributed by atoms with Crippen molar-refractivity contribution in [3.8, 4) is 0 Å². The number of thioether (sulfide) groups is 1. The second-order valence-corrected chi connectivity index (χ2v) is 11.1. The fraction of sp³-hybridized carbons (Fsp3) is 0.300. The SMILES string of the molecule is O=C(Cc1ccccc1)N=C1S[C@@H]2CS(=O)(=O)C[C@@H]2N1c1cc(C(F)(F)F)ccc1Cl. The molecule has 0 spiro atoms. The zero-order valence-electron chi connectivity index (χ0n) is 15.8. The summed E-state index contributed by atoms with van der Waals surface area (Å²) < 4.78 is 64.1. The molecule has 2 atom stereocenters. The predicted molar refractivity (Wildman–Crippen MR) is 115 cm³/mol. The Morgan fingerprint density at radius 2 is 1.87 bits per heavy atom. The number of fused-ring (bicyclic) bond motifs is 1. The van der Waals surface area contributed by atoms with E-state index in [0.29, 0.717) is 0 Å². The fourth-order valence-corrected chi connectivity index (χ4v) is 7.77. The van der Waals surface area contributed by atoms with E-state index in [9.17, 15) is 26.4 Å². The van der Waals surface area contributed by atoms with Crippen LogP contribution in [0.4, 0.5) is 18.9 Å². The molecule has 0 unspecified atom stereocenters.